The number of carbonyl (C=O) groups excluding carboxylic acids is 2. The number of benzene rings is 2. The maximum Gasteiger partial charge on any atom is 0.243 e. The van der Waals surface area contributed by atoms with E-state index >= 15 is 0 Å². The van der Waals surface area contributed by atoms with Gasteiger partial charge in [-0.3, -0.25) is 9.59 Å². The van der Waals surface area contributed by atoms with Crippen LogP contribution >= 0.6 is 0 Å². The average molecular weight is 367 g/mol. The summed E-state index contributed by atoms with van der Waals surface area (Å²) in [5, 5.41) is 6.15. The van der Waals surface area contributed by atoms with Crippen LogP contribution in [0.4, 0.5) is 11.4 Å². The molecule has 0 heterocycles. The van der Waals surface area contributed by atoms with E-state index in [4.69, 9.17) is 0 Å². The second kappa shape index (κ2) is 9.21. The molecular formula is C22H29N3O2. The molecule has 0 fully saturated rings. The van der Waals surface area contributed by atoms with E-state index in [1.54, 1.807) is 19.0 Å². The minimum atomic E-state index is -0.101. The second-order valence-corrected chi connectivity index (χ2v) is 7.16. The van der Waals surface area contributed by atoms with Crippen LogP contribution in [0.3, 0.4) is 0 Å². The van der Waals surface area contributed by atoms with Gasteiger partial charge in [-0.2, -0.15) is 0 Å². The van der Waals surface area contributed by atoms with Crippen LogP contribution in [-0.4, -0.2) is 37.4 Å². The maximum absolute atomic E-state index is 12.3. The fraction of sp³-hybridized carbons (Fsp3) is 0.364. The van der Waals surface area contributed by atoms with Crippen LogP contribution in [-0.2, 0) is 16.0 Å². The molecule has 144 valence electrons. The van der Waals surface area contributed by atoms with Crippen LogP contribution in [0.2, 0.25) is 0 Å². The molecule has 2 N–H and O–H groups in total. The average Bonchev–Trinajstić information content (AvgIpc) is 2.58. The minimum Gasteiger partial charge on any atom is -0.376 e. The first-order valence-corrected chi connectivity index (χ1v) is 9.17. The SMILES string of the molecule is Cc1cc(C)c(NCC(=O)Nc2cccc(CCC(=O)N(C)C)c2)c(C)c1. The summed E-state index contributed by atoms with van der Waals surface area (Å²) in [6.45, 7) is 6.35. The summed E-state index contributed by atoms with van der Waals surface area (Å²) < 4.78 is 0. The van der Waals surface area contributed by atoms with Gasteiger partial charge < -0.3 is 15.5 Å². The van der Waals surface area contributed by atoms with Crippen LogP contribution in [0.25, 0.3) is 0 Å². The highest BCUT2D eigenvalue weighted by Gasteiger charge is 2.08. The lowest BCUT2D eigenvalue weighted by Crippen LogP contribution is -2.23. The zero-order valence-corrected chi connectivity index (χ0v) is 16.8. The Hall–Kier alpha value is -2.82. The first-order chi connectivity index (χ1) is 12.8. The van der Waals surface area contributed by atoms with E-state index in [1.165, 1.54) is 5.56 Å². The van der Waals surface area contributed by atoms with E-state index in [9.17, 15) is 9.59 Å². The third kappa shape index (κ3) is 6.13. The van der Waals surface area contributed by atoms with Crippen molar-refractivity contribution in [1.82, 2.24) is 4.90 Å². The number of amides is 2. The summed E-state index contributed by atoms with van der Waals surface area (Å²) in [6.07, 6.45) is 1.11. The van der Waals surface area contributed by atoms with Crippen molar-refractivity contribution in [1.29, 1.82) is 0 Å². The molecule has 0 saturated carbocycles. The lowest BCUT2D eigenvalue weighted by atomic mass is 10.1. The lowest BCUT2D eigenvalue weighted by Gasteiger charge is -2.14. The van der Waals surface area contributed by atoms with Crippen molar-refractivity contribution in [3.05, 3.63) is 58.7 Å². The van der Waals surface area contributed by atoms with Gasteiger partial charge >= 0.3 is 0 Å². The summed E-state index contributed by atoms with van der Waals surface area (Å²) in [5.74, 6) is -0.00614. The standard InChI is InChI=1S/C22H29N3O2/c1-15-11-16(2)22(17(3)12-15)23-14-20(26)24-19-8-6-7-18(13-19)9-10-21(27)25(4)5/h6-8,11-13,23H,9-10,14H2,1-5H3,(H,24,26). The van der Waals surface area contributed by atoms with Gasteiger partial charge in [0.1, 0.15) is 0 Å². The monoisotopic (exact) mass is 367 g/mol. The maximum atomic E-state index is 12.3. The molecule has 0 aliphatic heterocycles. The number of anilines is 2. The molecule has 2 amide bonds. The van der Waals surface area contributed by atoms with E-state index in [-0.39, 0.29) is 18.4 Å². The Balaban J connectivity index is 1.92. The molecule has 0 saturated heterocycles. The highest BCUT2D eigenvalue weighted by molar-refractivity contribution is 5.94. The van der Waals surface area contributed by atoms with Crippen molar-refractivity contribution in [2.24, 2.45) is 0 Å². The predicted molar refractivity (Wildman–Crippen MR) is 111 cm³/mol. The largest absolute Gasteiger partial charge is 0.376 e. The molecule has 0 atom stereocenters. The Morgan fingerprint density at radius 1 is 1.00 bits per heavy atom. The van der Waals surface area contributed by atoms with Crippen molar-refractivity contribution in [3.63, 3.8) is 0 Å². The third-order valence-electron chi connectivity index (χ3n) is 4.44. The van der Waals surface area contributed by atoms with Gasteiger partial charge in [0.15, 0.2) is 0 Å². The summed E-state index contributed by atoms with van der Waals surface area (Å²) in [7, 11) is 3.51. The topological polar surface area (TPSA) is 61.4 Å². The van der Waals surface area contributed by atoms with Gasteiger partial charge in [0.2, 0.25) is 11.8 Å². The number of nitrogens with zero attached hydrogens (tertiary/aromatic N) is 1. The molecule has 0 aliphatic rings. The Labute approximate surface area is 161 Å². The molecule has 0 radical (unpaired) electrons. The van der Waals surface area contributed by atoms with Crippen molar-refractivity contribution >= 4 is 23.2 Å². The number of rotatable bonds is 7. The Morgan fingerprint density at radius 3 is 2.30 bits per heavy atom. The summed E-state index contributed by atoms with van der Waals surface area (Å²) in [6, 6.07) is 11.8. The minimum absolute atomic E-state index is 0.0949. The molecule has 2 aromatic rings. The quantitative estimate of drug-likeness (QED) is 0.785. The summed E-state index contributed by atoms with van der Waals surface area (Å²) >= 11 is 0. The van der Waals surface area contributed by atoms with Crippen LogP contribution < -0.4 is 10.6 Å². The van der Waals surface area contributed by atoms with E-state index in [2.05, 4.69) is 29.7 Å². The fourth-order valence-electron chi connectivity index (χ4n) is 3.11. The molecule has 0 unspecified atom stereocenters. The molecular weight excluding hydrogens is 338 g/mol. The van der Waals surface area contributed by atoms with E-state index in [0.717, 1.165) is 28.1 Å². The van der Waals surface area contributed by atoms with Crippen LogP contribution in [0, 0.1) is 20.8 Å². The zero-order valence-electron chi connectivity index (χ0n) is 16.8. The Bertz CT molecular complexity index is 805. The van der Waals surface area contributed by atoms with Gasteiger partial charge in [0.25, 0.3) is 0 Å². The van der Waals surface area contributed by atoms with Crippen LogP contribution in [0.5, 0.6) is 0 Å². The number of aryl methyl sites for hydroxylation is 4. The molecule has 5 nitrogen and oxygen atoms in total. The van der Waals surface area contributed by atoms with Gasteiger partial charge in [-0.1, -0.05) is 29.8 Å². The second-order valence-electron chi connectivity index (χ2n) is 7.16. The van der Waals surface area contributed by atoms with Gasteiger partial charge in [0.05, 0.1) is 6.54 Å². The Kier molecular flexibility index (Phi) is 6.99. The van der Waals surface area contributed by atoms with Crippen molar-refractivity contribution in [2.75, 3.05) is 31.3 Å². The fourth-order valence-corrected chi connectivity index (χ4v) is 3.11. The first-order valence-electron chi connectivity index (χ1n) is 9.17. The molecule has 2 rings (SSSR count). The molecule has 0 aliphatic carbocycles. The highest BCUT2D eigenvalue weighted by atomic mass is 16.2. The number of hydrogen-bond donors (Lipinski definition) is 2. The van der Waals surface area contributed by atoms with Crippen LogP contribution in [0.1, 0.15) is 28.7 Å². The van der Waals surface area contributed by atoms with E-state index < -0.39 is 0 Å². The number of hydrogen-bond acceptors (Lipinski definition) is 3. The van der Waals surface area contributed by atoms with Gasteiger partial charge in [-0.25, -0.2) is 0 Å². The number of carbonyl (C=O) groups is 2. The molecule has 0 bridgehead atoms. The zero-order chi connectivity index (χ0) is 20.0. The molecule has 0 aromatic heterocycles. The lowest BCUT2D eigenvalue weighted by molar-refractivity contribution is -0.128. The highest BCUT2D eigenvalue weighted by Crippen LogP contribution is 2.21. The molecule has 27 heavy (non-hydrogen) atoms. The van der Waals surface area contributed by atoms with Crippen molar-refractivity contribution in [3.8, 4) is 0 Å². The van der Waals surface area contributed by atoms with Gasteiger partial charge in [-0.15, -0.1) is 0 Å². The van der Waals surface area contributed by atoms with Crippen LogP contribution in [0.15, 0.2) is 36.4 Å². The van der Waals surface area contributed by atoms with Gasteiger partial charge in [0, 0.05) is 31.9 Å². The molecule has 0 spiro atoms. The van der Waals surface area contributed by atoms with Crippen molar-refractivity contribution < 1.29 is 9.59 Å². The summed E-state index contributed by atoms with van der Waals surface area (Å²) in [4.78, 5) is 25.6. The normalized spacial score (nSPS) is 10.4. The summed E-state index contributed by atoms with van der Waals surface area (Å²) in [5.41, 5.74) is 6.26. The third-order valence-corrected chi connectivity index (χ3v) is 4.44. The molecule has 2 aromatic carbocycles. The Morgan fingerprint density at radius 2 is 1.67 bits per heavy atom. The molecule has 5 heteroatoms. The van der Waals surface area contributed by atoms with E-state index in [1.807, 2.05) is 38.1 Å². The predicted octanol–water partition coefficient (Wildman–Crippen LogP) is 3.68. The van der Waals surface area contributed by atoms with Crippen molar-refractivity contribution in [2.45, 2.75) is 33.6 Å². The smallest absolute Gasteiger partial charge is 0.243 e. The number of nitrogens with one attached hydrogen (secondary N) is 2. The first kappa shape index (κ1) is 20.5. The van der Waals surface area contributed by atoms with Gasteiger partial charge in [-0.05, 0) is 56.0 Å². The van der Waals surface area contributed by atoms with E-state index in [0.29, 0.717) is 12.8 Å².